The number of pyridine rings is 1. The van der Waals surface area contributed by atoms with Crippen LogP contribution in [0.15, 0.2) is 48.7 Å². The summed E-state index contributed by atoms with van der Waals surface area (Å²) in [5, 5.41) is 0.813. The van der Waals surface area contributed by atoms with Gasteiger partial charge in [-0.05, 0) is 79.8 Å². The predicted octanol–water partition coefficient (Wildman–Crippen LogP) is 7.97. The molecule has 2 aliphatic carbocycles. The fraction of sp³-hybridized carbons (Fsp3) is 0.467. The molecule has 2 saturated carbocycles. The van der Waals surface area contributed by atoms with Gasteiger partial charge in [0.05, 0.1) is 30.3 Å². The van der Waals surface area contributed by atoms with Gasteiger partial charge in [-0.15, -0.1) is 0 Å². The number of nitrogens with zero attached hydrogens (tertiary/aromatic N) is 3. The fourth-order valence-corrected chi connectivity index (χ4v) is 5.27. The highest BCUT2D eigenvalue weighted by molar-refractivity contribution is 5.82. The van der Waals surface area contributed by atoms with Crippen LogP contribution in [0.25, 0.3) is 10.9 Å². The van der Waals surface area contributed by atoms with Crippen molar-refractivity contribution in [3.05, 3.63) is 76.5 Å². The van der Waals surface area contributed by atoms with E-state index in [0.29, 0.717) is 42.6 Å². The molecule has 0 spiro atoms. The minimum atomic E-state index is -5.00. The van der Waals surface area contributed by atoms with E-state index in [2.05, 4.69) is 9.88 Å². The Hall–Kier alpha value is -3.34. The van der Waals surface area contributed by atoms with Gasteiger partial charge in [-0.2, -0.15) is 26.3 Å². The number of alkyl halides is 6. The Morgan fingerprint density at radius 1 is 0.951 bits per heavy atom. The molecule has 220 valence electrons. The van der Waals surface area contributed by atoms with Gasteiger partial charge in [0.15, 0.2) is 0 Å². The number of amides is 1. The molecule has 0 N–H and O–H groups in total. The molecule has 0 radical (unpaired) electrons. The lowest BCUT2D eigenvalue weighted by atomic mass is 10.0. The molecule has 2 aromatic carbocycles. The third-order valence-corrected chi connectivity index (χ3v) is 7.66. The van der Waals surface area contributed by atoms with Crippen LogP contribution in [0.4, 0.5) is 31.1 Å². The summed E-state index contributed by atoms with van der Waals surface area (Å²) >= 11 is 0. The van der Waals surface area contributed by atoms with Crippen molar-refractivity contribution in [1.82, 2.24) is 14.8 Å². The lowest BCUT2D eigenvalue weighted by Gasteiger charge is -2.39. The van der Waals surface area contributed by atoms with E-state index in [1.165, 1.54) is 4.90 Å². The maximum absolute atomic E-state index is 13.6. The van der Waals surface area contributed by atoms with Crippen molar-refractivity contribution in [2.75, 3.05) is 20.2 Å². The number of benzene rings is 2. The molecule has 41 heavy (non-hydrogen) atoms. The Kier molecular flexibility index (Phi) is 7.93. The van der Waals surface area contributed by atoms with E-state index >= 15 is 0 Å². The van der Waals surface area contributed by atoms with E-state index in [1.54, 1.807) is 6.20 Å². The van der Waals surface area contributed by atoms with Gasteiger partial charge >= 0.3 is 18.4 Å². The van der Waals surface area contributed by atoms with E-state index in [-0.39, 0.29) is 11.6 Å². The zero-order chi connectivity index (χ0) is 29.5. The van der Waals surface area contributed by atoms with E-state index < -0.39 is 42.3 Å². The highest BCUT2D eigenvalue weighted by Gasteiger charge is 2.40. The first-order valence-corrected chi connectivity index (χ1v) is 13.6. The van der Waals surface area contributed by atoms with E-state index in [9.17, 15) is 31.1 Å². The molecule has 0 aliphatic heterocycles. The molecule has 5 rings (SSSR count). The molecule has 11 heteroatoms. The molecule has 0 bridgehead atoms. The van der Waals surface area contributed by atoms with Crippen molar-refractivity contribution in [2.24, 2.45) is 11.8 Å². The number of hydrogen-bond donors (Lipinski definition) is 0. The number of fused-ring (bicyclic) bond motifs is 1. The summed E-state index contributed by atoms with van der Waals surface area (Å²) in [6.07, 6.45) is -5.98. The van der Waals surface area contributed by atoms with Crippen LogP contribution < -0.4 is 0 Å². The first kappa shape index (κ1) is 29.2. The Labute approximate surface area is 234 Å². The summed E-state index contributed by atoms with van der Waals surface area (Å²) in [5.41, 5.74) is -0.836. The van der Waals surface area contributed by atoms with E-state index in [4.69, 9.17) is 4.74 Å². The lowest BCUT2D eigenvalue weighted by Crippen LogP contribution is -2.46. The molecule has 5 nitrogen and oxygen atoms in total. The number of hydrogen-bond acceptors (Lipinski definition) is 4. The topological polar surface area (TPSA) is 45.7 Å². The van der Waals surface area contributed by atoms with Crippen molar-refractivity contribution < 1.29 is 35.9 Å². The second-order valence-corrected chi connectivity index (χ2v) is 11.1. The minimum absolute atomic E-state index is 0.0888. The number of carbonyl (C=O) groups is 1. The van der Waals surface area contributed by atoms with Gasteiger partial charge in [-0.3, -0.25) is 14.8 Å². The molecule has 1 aromatic heterocycles. The Bertz CT molecular complexity index is 1370. The van der Waals surface area contributed by atoms with Crippen molar-refractivity contribution >= 4 is 17.0 Å². The number of para-hydroxylation sites is 1. The summed E-state index contributed by atoms with van der Waals surface area (Å²) in [6.45, 7) is 2.67. The lowest BCUT2D eigenvalue weighted by molar-refractivity contribution is -0.143. The van der Waals surface area contributed by atoms with Crippen LogP contribution in [-0.4, -0.2) is 41.1 Å². The van der Waals surface area contributed by atoms with Crippen LogP contribution in [0.3, 0.4) is 0 Å². The van der Waals surface area contributed by atoms with Crippen molar-refractivity contribution in [1.29, 1.82) is 0 Å². The van der Waals surface area contributed by atoms with E-state index in [1.807, 2.05) is 31.2 Å². The summed E-state index contributed by atoms with van der Waals surface area (Å²) in [4.78, 5) is 21.3. The van der Waals surface area contributed by atoms with Crippen LogP contribution >= 0.6 is 0 Å². The first-order chi connectivity index (χ1) is 19.3. The number of aromatic nitrogens is 1. The molecule has 1 amide bonds. The second kappa shape index (κ2) is 11.2. The first-order valence-electron chi connectivity index (χ1n) is 13.6. The van der Waals surface area contributed by atoms with Gasteiger partial charge in [0.1, 0.15) is 6.17 Å². The number of ether oxygens (including phenoxy) is 1. The third kappa shape index (κ3) is 6.94. The molecule has 2 fully saturated rings. The smallest absolute Gasteiger partial charge is 0.416 e. The number of methoxy groups -OCH3 is 1. The van der Waals surface area contributed by atoms with E-state index in [0.717, 1.165) is 49.3 Å². The zero-order valence-corrected chi connectivity index (χ0v) is 22.7. The van der Waals surface area contributed by atoms with Crippen LogP contribution in [0.2, 0.25) is 0 Å². The van der Waals surface area contributed by atoms with Gasteiger partial charge in [0.2, 0.25) is 0 Å². The standard InChI is InChI=1S/C30H31F6N3O2/c1-18-4-3-5-22-12-23(14-37-26(18)22)27(38(15-19-6-7-19)16-20-8-9-20)39(28(40)41-2)17-21-10-24(29(31,32)33)13-25(11-21)30(34,35)36/h3-5,10-14,19-20,27H,6-9,15-17H2,1-2H3. The maximum Gasteiger partial charge on any atom is 0.416 e. The average molecular weight is 580 g/mol. The molecule has 2 aliphatic rings. The minimum Gasteiger partial charge on any atom is -0.453 e. The quantitative estimate of drug-likeness (QED) is 0.191. The molecular formula is C30H31F6N3O2. The van der Waals surface area contributed by atoms with Gasteiger partial charge in [0.25, 0.3) is 0 Å². The second-order valence-electron chi connectivity index (χ2n) is 11.1. The zero-order valence-electron chi connectivity index (χ0n) is 22.7. The highest BCUT2D eigenvalue weighted by Crippen LogP contribution is 2.41. The van der Waals surface area contributed by atoms with Gasteiger partial charge in [0, 0.05) is 30.2 Å². The number of halogens is 6. The molecule has 0 saturated heterocycles. The highest BCUT2D eigenvalue weighted by atomic mass is 19.4. The normalized spacial score (nSPS) is 16.7. The number of rotatable bonds is 9. The summed E-state index contributed by atoms with van der Waals surface area (Å²) in [6, 6.07) is 8.98. The van der Waals surface area contributed by atoms with Crippen LogP contribution in [0.5, 0.6) is 0 Å². The van der Waals surface area contributed by atoms with Crippen LogP contribution in [0, 0.1) is 18.8 Å². The molecule has 1 unspecified atom stereocenters. The SMILES string of the molecule is COC(=O)N(Cc1cc(C(F)(F)F)cc(C(F)(F)F)c1)C(c1cnc2c(C)cccc2c1)N(CC1CC1)CC1CC1. The maximum atomic E-state index is 13.6. The van der Waals surface area contributed by atoms with Crippen LogP contribution in [0.1, 0.15) is 59.7 Å². The largest absolute Gasteiger partial charge is 0.453 e. The Morgan fingerprint density at radius 3 is 2.05 bits per heavy atom. The predicted molar refractivity (Wildman–Crippen MR) is 141 cm³/mol. The summed E-state index contributed by atoms with van der Waals surface area (Å²) in [5.74, 6) is 0.800. The monoisotopic (exact) mass is 579 g/mol. The van der Waals surface area contributed by atoms with Gasteiger partial charge in [-0.25, -0.2) is 4.79 Å². The average Bonchev–Trinajstić information content (AvgIpc) is 3.84. The fourth-order valence-electron chi connectivity index (χ4n) is 5.27. The van der Waals surface area contributed by atoms with Crippen molar-refractivity contribution in [3.8, 4) is 0 Å². The Balaban J connectivity index is 1.63. The number of carbonyl (C=O) groups excluding carboxylic acids is 1. The Morgan fingerprint density at radius 2 is 1.54 bits per heavy atom. The van der Waals surface area contributed by atoms with Crippen LogP contribution in [-0.2, 0) is 23.6 Å². The van der Waals surface area contributed by atoms with Crippen molar-refractivity contribution in [2.45, 2.75) is 57.7 Å². The third-order valence-electron chi connectivity index (χ3n) is 7.66. The van der Waals surface area contributed by atoms with Crippen molar-refractivity contribution in [3.63, 3.8) is 0 Å². The number of aryl methyl sites for hydroxylation is 1. The van der Waals surface area contributed by atoms with Gasteiger partial charge in [-0.1, -0.05) is 18.2 Å². The van der Waals surface area contributed by atoms with Gasteiger partial charge < -0.3 is 4.74 Å². The summed E-state index contributed by atoms with van der Waals surface area (Å²) < 4.78 is 86.9. The molecular weight excluding hydrogens is 548 g/mol. The molecule has 3 aromatic rings. The molecule has 1 heterocycles. The summed E-state index contributed by atoms with van der Waals surface area (Å²) in [7, 11) is 1.15. The molecule has 1 atom stereocenters.